The molecule has 0 saturated carbocycles. The van der Waals surface area contributed by atoms with Crippen molar-refractivity contribution in [1.29, 1.82) is 0 Å². The summed E-state index contributed by atoms with van der Waals surface area (Å²) in [6.45, 7) is 12.5. The highest BCUT2D eigenvalue weighted by Gasteiger charge is 2.50. The van der Waals surface area contributed by atoms with Gasteiger partial charge in [-0.3, -0.25) is 4.79 Å². The van der Waals surface area contributed by atoms with Crippen LogP contribution >= 0.6 is 0 Å². The SMILES string of the molecule is C/C=C(\C)[C@]1(O)C(OC)=C(C)C(=O)C(OC(C)C)=C1OC(C)C. The molecule has 0 aromatic heterocycles. The van der Waals surface area contributed by atoms with Crippen LogP contribution in [0.5, 0.6) is 0 Å². The molecule has 0 spiro atoms. The minimum absolute atomic E-state index is 0.0377. The molecule has 0 aliphatic heterocycles. The third kappa shape index (κ3) is 3.44. The Kier molecular flexibility index (Phi) is 6.05. The summed E-state index contributed by atoms with van der Waals surface area (Å²) >= 11 is 0. The number of ketones is 1. The van der Waals surface area contributed by atoms with Gasteiger partial charge in [-0.05, 0) is 54.0 Å². The number of ether oxygens (including phenoxy) is 3. The van der Waals surface area contributed by atoms with Gasteiger partial charge in [-0.25, -0.2) is 0 Å². The Morgan fingerprint density at radius 2 is 1.65 bits per heavy atom. The van der Waals surface area contributed by atoms with Crippen molar-refractivity contribution in [3.63, 3.8) is 0 Å². The first kappa shape index (κ1) is 19.3. The van der Waals surface area contributed by atoms with Crippen molar-refractivity contribution in [1.82, 2.24) is 0 Å². The van der Waals surface area contributed by atoms with Crippen molar-refractivity contribution < 1.29 is 24.1 Å². The fraction of sp³-hybridized carbons (Fsp3) is 0.611. The monoisotopic (exact) mass is 324 g/mol. The van der Waals surface area contributed by atoms with Crippen molar-refractivity contribution in [2.75, 3.05) is 7.11 Å². The molecule has 0 heterocycles. The van der Waals surface area contributed by atoms with Gasteiger partial charge in [0, 0.05) is 5.57 Å². The Morgan fingerprint density at radius 1 is 1.13 bits per heavy atom. The van der Waals surface area contributed by atoms with Crippen molar-refractivity contribution >= 4 is 5.78 Å². The number of hydrogen-bond donors (Lipinski definition) is 1. The highest BCUT2D eigenvalue weighted by molar-refractivity contribution is 6.09. The van der Waals surface area contributed by atoms with Crippen molar-refractivity contribution in [3.05, 3.63) is 34.5 Å². The largest absolute Gasteiger partial charge is 0.497 e. The maximum atomic E-state index is 12.7. The second-order valence-corrected chi connectivity index (χ2v) is 6.16. The first-order valence-electron chi connectivity index (χ1n) is 7.85. The Labute approximate surface area is 138 Å². The zero-order chi connectivity index (χ0) is 17.9. The number of aliphatic hydroxyl groups is 1. The number of allylic oxidation sites excluding steroid dienone is 2. The molecule has 1 N–H and O–H groups in total. The zero-order valence-corrected chi connectivity index (χ0v) is 15.3. The van der Waals surface area contributed by atoms with Gasteiger partial charge in [-0.15, -0.1) is 0 Å². The van der Waals surface area contributed by atoms with E-state index in [2.05, 4.69) is 0 Å². The number of rotatable bonds is 6. The molecule has 5 nitrogen and oxygen atoms in total. The summed E-state index contributed by atoms with van der Waals surface area (Å²) in [6, 6.07) is 0. The maximum absolute atomic E-state index is 12.7. The van der Waals surface area contributed by atoms with Crippen LogP contribution in [0, 0.1) is 0 Å². The van der Waals surface area contributed by atoms with Gasteiger partial charge in [0.2, 0.25) is 17.1 Å². The first-order valence-corrected chi connectivity index (χ1v) is 7.85. The van der Waals surface area contributed by atoms with Gasteiger partial charge in [-0.2, -0.15) is 0 Å². The lowest BCUT2D eigenvalue weighted by Gasteiger charge is -2.38. The average molecular weight is 324 g/mol. The smallest absolute Gasteiger partial charge is 0.230 e. The van der Waals surface area contributed by atoms with Crippen molar-refractivity contribution in [2.45, 2.75) is 66.3 Å². The standard InChI is InChI=1S/C18H28O5/c1-9-12(6)18(20)16(21-8)13(7)14(19)15(22-10(2)3)17(18)23-11(4)5/h9-11,20H,1-8H3/b12-9+/t18-/m0/s1. The fourth-order valence-corrected chi connectivity index (χ4v) is 2.50. The van der Waals surface area contributed by atoms with E-state index in [1.165, 1.54) is 7.11 Å². The first-order chi connectivity index (χ1) is 10.6. The van der Waals surface area contributed by atoms with E-state index in [0.717, 1.165) is 0 Å². The molecule has 0 aromatic carbocycles. The summed E-state index contributed by atoms with van der Waals surface area (Å²) < 4.78 is 16.9. The van der Waals surface area contributed by atoms with Crippen LogP contribution in [0.15, 0.2) is 34.5 Å². The Morgan fingerprint density at radius 3 is 2.04 bits per heavy atom. The Hall–Kier alpha value is -1.75. The minimum atomic E-state index is -1.66. The van der Waals surface area contributed by atoms with Gasteiger partial charge in [0.15, 0.2) is 5.76 Å². The second-order valence-electron chi connectivity index (χ2n) is 6.16. The van der Waals surface area contributed by atoms with Crippen LogP contribution in [0.3, 0.4) is 0 Å². The summed E-state index contributed by atoms with van der Waals surface area (Å²) in [6.07, 6.45) is 1.29. The van der Waals surface area contributed by atoms with Crippen LogP contribution in [0.4, 0.5) is 0 Å². The maximum Gasteiger partial charge on any atom is 0.230 e. The lowest BCUT2D eigenvalue weighted by molar-refractivity contribution is -0.119. The summed E-state index contributed by atoms with van der Waals surface area (Å²) in [4.78, 5) is 12.7. The van der Waals surface area contributed by atoms with Crippen molar-refractivity contribution in [3.8, 4) is 0 Å². The summed E-state index contributed by atoms with van der Waals surface area (Å²) in [5.74, 6) is -0.0374. The molecule has 1 aliphatic carbocycles. The number of Topliss-reactive ketones (excluding diaryl/α,β-unsaturated/α-hetero) is 1. The third-order valence-corrected chi connectivity index (χ3v) is 3.67. The van der Waals surface area contributed by atoms with Crippen LogP contribution in [-0.2, 0) is 19.0 Å². The number of carbonyl (C=O) groups excluding carboxylic acids is 1. The lowest BCUT2D eigenvalue weighted by Crippen LogP contribution is -2.44. The molecule has 1 aliphatic rings. The van der Waals surface area contributed by atoms with E-state index in [1.54, 1.807) is 19.9 Å². The fourth-order valence-electron chi connectivity index (χ4n) is 2.50. The average Bonchev–Trinajstić information content (AvgIpc) is 2.47. The van der Waals surface area contributed by atoms with Gasteiger partial charge >= 0.3 is 0 Å². The molecule has 1 rings (SSSR count). The summed E-state index contributed by atoms with van der Waals surface area (Å²) in [5, 5.41) is 11.4. The zero-order valence-electron chi connectivity index (χ0n) is 15.3. The van der Waals surface area contributed by atoms with Crippen LogP contribution < -0.4 is 0 Å². The summed E-state index contributed by atoms with van der Waals surface area (Å²) in [5.41, 5.74) is -0.750. The van der Waals surface area contributed by atoms with E-state index in [-0.39, 0.29) is 35.3 Å². The third-order valence-electron chi connectivity index (χ3n) is 3.67. The van der Waals surface area contributed by atoms with E-state index >= 15 is 0 Å². The van der Waals surface area contributed by atoms with Crippen LogP contribution in [0.1, 0.15) is 48.5 Å². The highest BCUT2D eigenvalue weighted by Crippen LogP contribution is 2.43. The molecule has 1 atom stereocenters. The Balaban J connectivity index is 3.73. The van der Waals surface area contributed by atoms with Crippen LogP contribution in [0.25, 0.3) is 0 Å². The molecular weight excluding hydrogens is 296 g/mol. The molecular formula is C18H28O5. The van der Waals surface area contributed by atoms with E-state index in [4.69, 9.17) is 14.2 Å². The minimum Gasteiger partial charge on any atom is -0.497 e. The van der Waals surface area contributed by atoms with E-state index in [0.29, 0.717) is 11.1 Å². The highest BCUT2D eigenvalue weighted by atomic mass is 16.5. The molecule has 0 unspecified atom stereocenters. The normalized spacial score (nSPS) is 23.1. The number of carbonyl (C=O) groups is 1. The van der Waals surface area contributed by atoms with Gasteiger partial charge in [0.1, 0.15) is 5.76 Å². The molecule has 0 fully saturated rings. The van der Waals surface area contributed by atoms with E-state index in [9.17, 15) is 9.90 Å². The molecule has 5 heteroatoms. The quantitative estimate of drug-likeness (QED) is 0.760. The van der Waals surface area contributed by atoms with E-state index < -0.39 is 5.60 Å². The van der Waals surface area contributed by atoms with E-state index in [1.807, 2.05) is 34.6 Å². The van der Waals surface area contributed by atoms with Gasteiger partial charge in [-0.1, -0.05) is 6.08 Å². The lowest BCUT2D eigenvalue weighted by atomic mass is 9.81. The van der Waals surface area contributed by atoms with Crippen molar-refractivity contribution in [2.24, 2.45) is 0 Å². The predicted molar refractivity (Wildman–Crippen MR) is 88.6 cm³/mol. The Bertz CT molecular complexity index is 566. The molecule has 130 valence electrons. The summed E-state index contributed by atoms with van der Waals surface area (Å²) in [7, 11) is 1.43. The molecule has 0 bridgehead atoms. The molecule has 23 heavy (non-hydrogen) atoms. The predicted octanol–water partition coefficient (Wildman–Crippen LogP) is 3.25. The number of hydrogen-bond acceptors (Lipinski definition) is 5. The second kappa shape index (κ2) is 7.21. The molecule has 0 amide bonds. The van der Waals surface area contributed by atoms with Gasteiger partial charge in [0.05, 0.1) is 19.3 Å². The van der Waals surface area contributed by atoms with Crippen LogP contribution in [0.2, 0.25) is 0 Å². The molecule has 0 aromatic rings. The van der Waals surface area contributed by atoms with Gasteiger partial charge < -0.3 is 19.3 Å². The van der Waals surface area contributed by atoms with Gasteiger partial charge in [0.25, 0.3) is 0 Å². The molecule has 0 saturated heterocycles. The van der Waals surface area contributed by atoms with Crippen LogP contribution in [-0.4, -0.2) is 35.8 Å². The molecule has 0 radical (unpaired) electrons. The number of methoxy groups -OCH3 is 1. The topological polar surface area (TPSA) is 65.0 Å².